The van der Waals surface area contributed by atoms with Crippen LogP contribution in [0.15, 0.2) is 0 Å². The lowest BCUT2D eigenvalue weighted by Crippen LogP contribution is -2.61. The highest BCUT2D eigenvalue weighted by Gasteiger charge is 2.58. The normalized spacial score (nSPS) is 15.3. The van der Waals surface area contributed by atoms with Crippen LogP contribution in [-0.2, 0) is 0 Å². The SMILES string of the molecule is C[Si](C)(Cl)[Si](Cl)(Cl)[Si](C)(C)Cl. The van der Waals surface area contributed by atoms with Crippen molar-refractivity contribution >= 4 is 63.8 Å². The molecule has 0 amide bonds. The molecular formula is C4H12Cl4Si3. The van der Waals surface area contributed by atoms with Gasteiger partial charge in [-0.1, -0.05) is 26.2 Å². The van der Waals surface area contributed by atoms with E-state index in [4.69, 9.17) is 44.3 Å². The Morgan fingerprint density at radius 3 is 0.818 bits per heavy atom. The van der Waals surface area contributed by atoms with E-state index in [1.165, 1.54) is 0 Å². The van der Waals surface area contributed by atoms with Crippen LogP contribution in [0.3, 0.4) is 0 Å². The van der Waals surface area contributed by atoms with Gasteiger partial charge in [0.05, 0.1) is 0 Å². The molecule has 0 N–H and O–H groups in total. The minimum atomic E-state index is -2.35. The van der Waals surface area contributed by atoms with Crippen LogP contribution < -0.4 is 0 Å². The quantitative estimate of drug-likeness (QED) is 0.532. The maximum absolute atomic E-state index is 6.25. The van der Waals surface area contributed by atoms with Crippen LogP contribution in [0.25, 0.3) is 0 Å². The largest absolute Gasteiger partial charge is 0.261 e. The second kappa shape index (κ2) is 3.52. The monoisotopic (exact) mass is 284 g/mol. The van der Waals surface area contributed by atoms with Gasteiger partial charge in [0.1, 0.15) is 0 Å². The summed E-state index contributed by atoms with van der Waals surface area (Å²) in [4.78, 5) is 0. The van der Waals surface area contributed by atoms with E-state index in [9.17, 15) is 0 Å². The Hall–Kier alpha value is 1.81. The van der Waals surface area contributed by atoms with E-state index < -0.39 is 19.5 Å². The minimum absolute atomic E-state index is 1.95. The third-order valence-electron chi connectivity index (χ3n) is 1.49. The summed E-state index contributed by atoms with van der Waals surface area (Å²) in [5, 5.41) is 0. The fourth-order valence-corrected chi connectivity index (χ4v) is 33.1. The van der Waals surface area contributed by atoms with E-state index in [1.54, 1.807) is 0 Å². The summed E-state index contributed by atoms with van der Waals surface area (Å²) in [7, 11) is 0. The van der Waals surface area contributed by atoms with Crippen LogP contribution in [0.4, 0.5) is 0 Å². The van der Waals surface area contributed by atoms with Crippen molar-refractivity contribution in [3.8, 4) is 0 Å². The van der Waals surface area contributed by atoms with Crippen LogP contribution in [0.1, 0.15) is 0 Å². The first-order valence-electron chi connectivity index (χ1n) is 3.26. The Balaban J connectivity index is 4.75. The van der Waals surface area contributed by atoms with Gasteiger partial charge in [0.15, 0.2) is 13.8 Å². The molecule has 0 fully saturated rings. The Morgan fingerprint density at radius 1 is 0.636 bits per heavy atom. The molecule has 0 saturated heterocycles. The van der Waals surface area contributed by atoms with Crippen LogP contribution in [0.5, 0.6) is 0 Å². The molecule has 68 valence electrons. The molecule has 0 heterocycles. The number of hydrogen-bond donors (Lipinski definition) is 0. The summed E-state index contributed by atoms with van der Waals surface area (Å²) in [6.45, 7) is 3.98. The molecule has 0 atom stereocenters. The first kappa shape index (κ1) is 12.8. The smallest absolute Gasteiger partial charge is 0.168 e. The fourth-order valence-electron chi connectivity index (χ4n) is 0.707. The first-order chi connectivity index (χ1) is 4.50. The maximum Gasteiger partial charge on any atom is 0.261 e. The van der Waals surface area contributed by atoms with Gasteiger partial charge < -0.3 is 0 Å². The molecule has 0 aromatic heterocycles. The lowest BCUT2D eigenvalue weighted by molar-refractivity contribution is 2.00. The summed E-state index contributed by atoms with van der Waals surface area (Å²) in [5.74, 6) is 0. The molecule has 0 saturated carbocycles. The molecule has 0 radical (unpaired) electrons. The van der Waals surface area contributed by atoms with Gasteiger partial charge >= 0.3 is 0 Å². The first-order valence-corrected chi connectivity index (χ1v) is 17.3. The van der Waals surface area contributed by atoms with Crippen molar-refractivity contribution in [2.24, 2.45) is 0 Å². The average Bonchev–Trinajstić information content (AvgIpc) is 1.58. The van der Waals surface area contributed by atoms with Crippen molar-refractivity contribution in [1.29, 1.82) is 0 Å². The molecule has 0 aliphatic rings. The topological polar surface area (TPSA) is 0 Å². The van der Waals surface area contributed by atoms with E-state index in [2.05, 4.69) is 0 Å². The zero-order valence-corrected chi connectivity index (χ0v) is 13.0. The van der Waals surface area contributed by atoms with Gasteiger partial charge in [0.2, 0.25) is 0 Å². The minimum Gasteiger partial charge on any atom is -0.168 e. The average molecular weight is 286 g/mol. The standard InChI is InChI=1S/C4H12Cl4Si3/c1-9(2,5)11(7,8)10(3,4)6/h1-4H3. The van der Waals surface area contributed by atoms with Crippen LogP contribution in [0.2, 0.25) is 26.2 Å². The summed E-state index contributed by atoms with van der Waals surface area (Å²) < 4.78 is 0. The van der Waals surface area contributed by atoms with Gasteiger partial charge in [0.25, 0.3) is 5.73 Å². The molecule has 0 aliphatic carbocycles. The van der Waals surface area contributed by atoms with Gasteiger partial charge in [-0.25, -0.2) is 0 Å². The van der Waals surface area contributed by atoms with E-state index in [-0.39, 0.29) is 0 Å². The summed E-state index contributed by atoms with van der Waals surface area (Å²) in [5.41, 5.74) is -2.35. The number of rotatable bonds is 2. The van der Waals surface area contributed by atoms with Crippen molar-refractivity contribution in [3.05, 3.63) is 0 Å². The predicted octanol–water partition coefficient (Wildman–Crippen LogP) is 3.95. The molecule has 0 bridgehead atoms. The predicted molar refractivity (Wildman–Crippen MR) is 64.1 cm³/mol. The van der Waals surface area contributed by atoms with Crippen LogP contribution >= 0.6 is 44.3 Å². The second-order valence-corrected chi connectivity index (χ2v) is 39.4. The van der Waals surface area contributed by atoms with Crippen molar-refractivity contribution in [3.63, 3.8) is 0 Å². The number of hydrogen-bond acceptors (Lipinski definition) is 0. The highest BCUT2D eigenvalue weighted by Crippen LogP contribution is 2.39. The lowest BCUT2D eigenvalue weighted by atomic mass is 11.9. The summed E-state index contributed by atoms with van der Waals surface area (Å²) in [6.07, 6.45) is 0. The number of halogens is 4. The van der Waals surface area contributed by atoms with Crippen LogP contribution in [-0.4, -0.2) is 19.5 Å². The van der Waals surface area contributed by atoms with Gasteiger partial charge in [0, 0.05) is 0 Å². The Labute approximate surface area is 89.6 Å². The Morgan fingerprint density at radius 2 is 0.818 bits per heavy atom. The van der Waals surface area contributed by atoms with Crippen molar-refractivity contribution in [1.82, 2.24) is 0 Å². The molecule has 0 nitrogen and oxygen atoms in total. The third kappa shape index (κ3) is 2.90. The van der Waals surface area contributed by atoms with Gasteiger partial charge in [-0.15, -0.1) is 0 Å². The second-order valence-electron chi connectivity index (χ2n) is 3.52. The third-order valence-corrected chi connectivity index (χ3v) is 53.1. The van der Waals surface area contributed by atoms with E-state index in [1.807, 2.05) is 26.2 Å². The molecule has 7 heteroatoms. The molecule has 11 heavy (non-hydrogen) atoms. The maximum atomic E-state index is 6.25. The zero-order valence-electron chi connectivity index (χ0n) is 7.01. The van der Waals surface area contributed by atoms with Crippen molar-refractivity contribution in [2.45, 2.75) is 26.2 Å². The van der Waals surface area contributed by atoms with Gasteiger partial charge in [-0.2, -0.15) is 44.3 Å². The van der Waals surface area contributed by atoms with Crippen molar-refractivity contribution < 1.29 is 0 Å². The molecule has 0 aliphatic heterocycles. The fraction of sp³-hybridized carbons (Fsp3) is 1.00. The van der Waals surface area contributed by atoms with Crippen molar-refractivity contribution in [2.75, 3.05) is 0 Å². The summed E-state index contributed by atoms with van der Waals surface area (Å²) in [6, 6.07) is 0. The van der Waals surface area contributed by atoms with Gasteiger partial charge in [-0.05, 0) is 0 Å². The zero-order chi connectivity index (χ0) is 9.50. The Bertz CT molecular complexity index is 128. The lowest BCUT2D eigenvalue weighted by Gasteiger charge is -2.34. The molecule has 0 unspecified atom stereocenters. The van der Waals surface area contributed by atoms with Gasteiger partial charge in [-0.3, -0.25) is 0 Å². The Kier molecular flexibility index (Phi) is 4.10. The molecule has 0 aromatic rings. The van der Waals surface area contributed by atoms with E-state index in [0.29, 0.717) is 0 Å². The molecule has 0 aromatic carbocycles. The summed E-state index contributed by atoms with van der Waals surface area (Å²) >= 11 is 24.9. The molecule has 0 spiro atoms. The van der Waals surface area contributed by atoms with E-state index >= 15 is 0 Å². The highest BCUT2D eigenvalue weighted by molar-refractivity contribution is 8.05. The molecule has 0 rings (SSSR count). The van der Waals surface area contributed by atoms with E-state index in [0.717, 1.165) is 0 Å². The highest BCUT2D eigenvalue weighted by atomic mass is 35.7. The van der Waals surface area contributed by atoms with Crippen LogP contribution in [0, 0.1) is 0 Å². The molecular weight excluding hydrogens is 274 g/mol.